The number of hydrogen-bond acceptors (Lipinski definition) is 4. The zero-order chi connectivity index (χ0) is 22.9. The van der Waals surface area contributed by atoms with Crippen molar-refractivity contribution in [1.29, 1.82) is 0 Å². The maximum Gasteiger partial charge on any atom is 0.408 e. The number of hydrogen-bond donors (Lipinski definition) is 3. The van der Waals surface area contributed by atoms with E-state index in [2.05, 4.69) is 16.0 Å². The first kappa shape index (κ1) is 23.9. The summed E-state index contributed by atoms with van der Waals surface area (Å²) in [4.78, 5) is 35.7. The Kier molecular flexibility index (Phi) is 8.54. The number of aryl methyl sites for hydroxylation is 1. The Bertz CT molecular complexity index is 908. The van der Waals surface area contributed by atoms with E-state index < -0.39 is 11.7 Å². The molecule has 0 heterocycles. The fourth-order valence-electron chi connectivity index (χ4n) is 2.62. The Labute approximate surface area is 181 Å². The van der Waals surface area contributed by atoms with Crippen molar-refractivity contribution in [3.8, 4) is 0 Å². The van der Waals surface area contributed by atoms with E-state index in [9.17, 15) is 18.8 Å². The Morgan fingerprint density at radius 1 is 0.935 bits per heavy atom. The monoisotopic (exact) mass is 429 g/mol. The molecular formula is C23H28FN3O4. The number of nitrogens with one attached hydrogen (secondary N) is 3. The Balaban J connectivity index is 1.75. The second-order valence-electron chi connectivity index (χ2n) is 8.01. The fourth-order valence-corrected chi connectivity index (χ4v) is 2.62. The predicted molar refractivity (Wildman–Crippen MR) is 116 cm³/mol. The molecule has 2 aromatic rings. The third kappa shape index (κ3) is 9.75. The molecule has 2 rings (SSSR count). The SMILES string of the molecule is CC(C)(C)OC(=O)NCC(=O)NCc1cccc(NC(=O)CCc2ccc(F)cc2)c1. The van der Waals surface area contributed by atoms with Gasteiger partial charge in [0.1, 0.15) is 18.0 Å². The first-order chi connectivity index (χ1) is 14.6. The molecule has 0 aromatic heterocycles. The van der Waals surface area contributed by atoms with Crippen LogP contribution in [-0.4, -0.2) is 30.1 Å². The van der Waals surface area contributed by atoms with Gasteiger partial charge in [-0.3, -0.25) is 9.59 Å². The van der Waals surface area contributed by atoms with Gasteiger partial charge in [0.2, 0.25) is 11.8 Å². The maximum absolute atomic E-state index is 12.9. The van der Waals surface area contributed by atoms with Gasteiger partial charge in [0, 0.05) is 18.7 Å². The zero-order valence-corrected chi connectivity index (χ0v) is 18.0. The maximum atomic E-state index is 12.9. The molecule has 0 unspecified atom stereocenters. The molecule has 7 nitrogen and oxygen atoms in total. The number of anilines is 1. The number of amides is 3. The van der Waals surface area contributed by atoms with Crippen molar-refractivity contribution in [2.75, 3.05) is 11.9 Å². The van der Waals surface area contributed by atoms with Crippen molar-refractivity contribution < 1.29 is 23.5 Å². The van der Waals surface area contributed by atoms with Gasteiger partial charge in [-0.25, -0.2) is 9.18 Å². The number of benzene rings is 2. The highest BCUT2D eigenvalue weighted by Gasteiger charge is 2.16. The van der Waals surface area contributed by atoms with Crippen LogP contribution in [0.4, 0.5) is 14.9 Å². The lowest BCUT2D eigenvalue weighted by Gasteiger charge is -2.19. The quantitative estimate of drug-likeness (QED) is 0.598. The van der Waals surface area contributed by atoms with E-state index in [4.69, 9.17) is 4.74 Å². The highest BCUT2D eigenvalue weighted by molar-refractivity contribution is 5.91. The lowest BCUT2D eigenvalue weighted by molar-refractivity contribution is -0.120. The van der Waals surface area contributed by atoms with E-state index in [1.807, 2.05) is 6.07 Å². The summed E-state index contributed by atoms with van der Waals surface area (Å²) in [5, 5.41) is 7.90. The van der Waals surface area contributed by atoms with Crippen molar-refractivity contribution >= 4 is 23.6 Å². The highest BCUT2D eigenvalue weighted by Crippen LogP contribution is 2.12. The summed E-state index contributed by atoms with van der Waals surface area (Å²) < 4.78 is 18.0. The predicted octanol–water partition coefficient (Wildman–Crippen LogP) is 3.54. The van der Waals surface area contributed by atoms with Crippen LogP contribution in [0.15, 0.2) is 48.5 Å². The second kappa shape index (κ2) is 11.1. The molecule has 0 aliphatic rings. The van der Waals surface area contributed by atoms with Crippen LogP contribution in [0, 0.1) is 5.82 Å². The van der Waals surface area contributed by atoms with Gasteiger partial charge in [-0.1, -0.05) is 24.3 Å². The molecule has 0 fully saturated rings. The number of carbonyl (C=O) groups excluding carboxylic acids is 3. The smallest absolute Gasteiger partial charge is 0.408 e. The van der Waals surface area contributed by atoms with Gasteiger partial charge in [0.15, 0.2) is 0 Å². The van der Waals surface area contributed by atoms with Crippen LogP contribution in [0.25, 0.3) is 0 Å². The molecule has 0 saturated heterocycles. The molecule has 0 aliphatic heterocycles. The van der Waals surface area contributed by atoms with Crippen LogP contribution in [0.3, 0.4) is 0 Å². The van der Waals surface area contributed by atoms with Crippen LogP contribution in [0.1, 0.15) is 38.3 Å². The summed E-state index contributed by atoms with van der Waals surface area (Å²) >= 11 is 0. The topological polar surface area (TPSA) is 96.5 Å². The molecule has 0 spiro atoms. The number of carbonyl (C=O) groups is 3. The van der Waals surface area contributed by atoms with E-state index in [1.54, 1.807) is 51.1 Å². The van der Waals surface area contributed by atoms with E-state index in [0.717, 1.165) is 11.1 Å². The zero-order valence-electron chi connectivity index (χ0n) is 18.0. The van der Waals surface area contributed by atoms with E-state index >= 15 is 0 Å². The van der Waals surface area contributed by atoms with Gasteiger partial charge in [-0.05, 0) is 62.6 Å². The molecule has 0 aliphatic carbocycles. The number of rotatable bonds is 8. The molecule has 8 heteroatoms. The molecule has 0 saturated carbocycles. The molecule has 2 aromatic carbocycles. The summed E-state index contributed by atoms with van der Waals surface area (Å²) in [5.41, 5.74) is 1.66. The highest BCUT2D eigenvalue weighted by atomic mass is 19.1. The van der Waals surface area contributed by atoms with Crippen LogP contribution >= 0.6 is 0 Å². The van der Waals surface area contributed by atoms with Gasteiger partial charge >= 0.3 is 6.09 Å². The van der Waals surface area contributed by atoms with Gasteiger partial charge in [-0.2, -0.15) is 0 Å². The minimum Gasteiger partial charge on any atom is -0.444 e. The number of alkyl carbamates (subject to hydrolysis) is 1. The van der Waals surface area contributed by atoms with Gasteiger partial charge in [0.05, 0.1) is 0 Å². The minimum atomic E-state index is -0.659. The van der Waals surface area contributed by atoms with E-state index in [0.29, 0.717) is 12.1 Å². The van der Waals surface area contributed by atoms with Gasteiger partial charge in [0.25, 0.3) is 0 Å². The standard InChI is InChI=1S/C23H28FN3O4/c1-23(2,3)31-22(30)26-15-21(29)25-14-17-5-4-6-19(13-17)27-20(28)12-9-16-7-10-18(24)11-8-16/h4-8,10-11,13H,9,12,14-15H2,1-3H3,(H,25,29)(H,26,30)(H,27,28). The summed E-state index contributed by atoms with van der Waals surface area (Å²) in [7, 11) is 0. The average Bonchev–Trinajstić information content (AvgIpc) is 2.69. The largest absolute Gasteiger partial charge is 0.444 e. The lowest BCUT2D eigenvalue weighted by Crippen LogP contribution is -2.39. The minimum absolute atomic E-state index is 0.160. The summed E-state index contributed by atoms with van der Waals surface area (Å²) in [6, 6.07) is 13.2. The van der Waals surface area contributed by atoms with Crippen molar-refractivity contribution in [1.82, 2.24) is 10.6 Å². The second-order valence-corrected chi connectivity index (χ2v) is 8.01. The molecule has 3 amide bonds. The molecule has 0 radical (unpaired) electrons. The van der Waals surface area contributed by atoms with Crippen LogP contribution in [0.2, 0.25) is 0 Å². The van der Waals surface area contributed by atoms with Crippen molar-refractivity contribution in [3.05, 3.63) is 65.5 Å². The van der Waals surface area contributed by atoms with E-state index in [1.165, 1.54) is 12.1 Å². The molecular weight excluding hydrogens is 401 g/mol. The first-order valence-corrected chi connectivity index (χ1v) is 9.97. The van der Waals surface area contributed by atoms with Crippen LogP contribution in [0.5, 0.6) is 0 Å². The normalized spacial score (nSPS) is 10.8. The Morgan fingerprint density at radius 3 is 2.32 bits per heavy atom. The summed E-state index contributed by atoms with van der Waals surface area (Å²) in [6.07, 6.45) is 0.114. The summed E-state index contributed by atoms with van der Waals surface area (Å²) in [6.45, 7) is 5.26. The first-order valence-electron chi connectivity index (χ1n) is 9.97. The molecule has 166 valence electrons. The molecule has 0 bridgehead atoms. The number of ether oxygens (including phenoxy) is 1. The van der Waals surface area contributed by atoms with E-state index in [-0.39, 0.29) is 37.1 Å². The van der Waals surface area contributed by atoms with Gasteiger partial charge < -0.3 is 20.7 Å². The van der Waals surface area contributed by atoms with Crippen LogP contribution in [-0.2, 0) is 27.3 Å². The third-order valence-electron chi connectivity index (χ3n) is 4.05. The molecule has 0 atom stereocenters. The Hall–Kier alpha value is -3.42. The Morgan fingerprint density at radius 2 is 1.65 bits per heavy atom. The van der Waals surface area contributed by atoms with Crippen molar-refractivity contribution in [2.24, 2.45) is 0 Å². The molecule has 3 N–H and O–H groups in total. The third-order valence-corrected chi connectivity index (χ3v) is 4.05. The average molecular weight is 429 g/mol. The summed E-state index contributed by atoms with van der Waals surface area (Å²) in [5.74, 6) is -0.829. The van der Waals surface area contributed by atoms with Crippen LogP contribution < -0.4 is 16.0 Å². The fraction of sp³-hybridized carbons (Fsp3) is 0.348. The number of halogens is 1. The van der Waals surface area contributed by atoms with Gasteiger partial charge in [-0.15, -0.1) is 0 Å². The lowest BCUT2D eigenvalue weighted by atomic mass is 10.1. The molecule has 31 heavy (non-hydrogen) atoms. The van der Waals surface area contributed by atoms with Crippen molar-refractivity contribution in [3.63, 3.8) is 0 Å². The van der Waals surface area contributed by atoms with Crippen molar-refractivity contribution in [2.45, 2.75) is 45.8 Å².